The van der Waals surface area contributed by atoms with Crippen molar-refractivity contribution in [2.24, 2.45) is 0 Å². The van der Waals surface area contributed by atoms with Crippen molar-refractivity contribution in [2.45, 2.75) is 26.7 Å². The largest absolute Gasteiger partial charge is 0.497 e. The summed E-state index contributed by atoms with van der Waals surface area (Å²) in [7, 11) is 1.62. The second-order valence-electron chi connectivity index (χ2n) is 4.13. The maximum absolute atomic E-state index is 11.8. The molecule has 19 heavy (non-hydrogen) atoms. The van der Waals surface area contributed by atoms with Crippen molar-refractivity contribution in [1.82, 2.24) is 15.0 Å². The van der Waals surface area contributed by atoms with Gasteiger partial charge < -0.3 is 4.74 Å². The van der Waals surface area contributed by atoms with Gasteiger partial charge in [-0.1, -0.05) is 25.1 Å². The summed E-state index contributed by atoms with van der Waals surface area (Å²) in [4.78, 5) is 11.8. The van der Waals surface area contributed by atoms with Crippen LogP contribution in [0, 0.1) is 0 Å². The number of nitrogens with zero attached hydrogens (tertiary/aromatic N) is 3. The van der Waals surface area contributed by atoms with E-state index in [0.29, 0.717) is 18.5 Å². The lowest BCUT2D eigenvalue weighted by Gasteiger charge is -2.07. The lowest BCUT2D eigenvalue weighted by molar-refractivity contribution is 0.0982. The van der Waals surface area contributed by atoms with Crippen LogP contribution >= 0.6 is 0 Å². The van der Waals surface area contributed by atoms with Gasteiger partial charge in [0.05, 0.1) is 18.5 Å². The number of carbonyl (C=O) groups excluding carboxylic acids is 1. The van der Waals surface area contributed by atoms with Gasteiger partial charge >= 0.3 is 0 Å². The fraction of sp³-hybridized carbons (Fsp3) is 0.357. The topological polar surface area (TPSA) is 57.0 Å². The van der Waals surface area contributed by atoms with E-state index in [-0.39, 0.29) is 5.78 Å². The summed E-state index contributed by atoms with van der Waals surface area (Å²) in [6.45, 7) is 3.81. The van der Waals surface area contributed by atoms with Crippen molar-refractivity contribution in [3.8, 4) is 11.4 Å². The van der Waals surface area contributed by atoms with Crippen LogP contribution in [0.1, 0.15) is 36.5 Å². The number of hydrogen-bond donors (Lipinski definition) is 0. The fourth-order valence-corrected chi connectivity index (χ4v) is 1.95. The third-order valence-corrected chi connectivity index (χ3v) is 2.98. The van der Waals surface area contributed by atoms with Crippen LogP contribution in [0.5, 0.6) is 5.75 Å². The van der Waals surface area contributed by atoms with E-state index in [9.17, 15) is 4.79 Å². The predicted octanol–water partition coefficient (Wildman–Crippen LogP) is 2.43. The third-order valence-electron chi connectivity index (χ3n) is 2.98. The first-order valence-electron chi connectivity index (χ1n) is 6.33. The number of aromatic nitrogens is 3. The van der Waals surface area contributed by atoms with Gasteiger partial charge in [-0.25, -0.2) is 4.68 Å². The molecule has 0 saturated carbocycles. The molecule has 0 spiro atoms. The van der Waals surface area contributed by atoms with E-state index in [1.807, 2.05) is 38.1 Å². The molecular weight excluding hydrogens is 242 g/mol. The molecule has 0 aliphatic heterocycles. The van der Waals surface area contributed by atoms with Crippen LogP contribution in [0.15, 0.2) is 24.3 Å². The average molecular weight is 259 g/mol. The standard InChI is InChI=1S/C14H17N3O2/c1-4-12-14(13(18)5-2)15-16-17(12)10-7-6-8-11(9-10)19-3/h6-9H,4-5H2,1-3H3. The van der Waals surface area contributed by atoms with Gasteiger partial charge in [-0.15, -0.1) is 5.10 Å². The molecule has 2 aromatic rings. The molecule has 0 amide bonds. The van der Waals surface area contributed by atoms with Gasteiger partial charge in [0, 0.05) is 12.5 Å². The van der Waals surface area contributed by atoms with Crippen molar-refractivity contribution >= 4 is 5.78 Å². The molecule has 0 atom stereocenters. The molecule has 5 nitrogen and oxygen atoms in total. The van der Waals surface area contributed by atoms with Crippen LogP contribution < -0.4 is 4.74 Å². The molecule has 100 valence electrons. The number of ketones is 1. The van der Waals surface area contributed by atoms with Crippen molar-refractivity contribution in [3.63, 3.8) is 0 Å². The molecule has 0 radical (unpaired) electrons. The molecule has 0 unspecified atom stereocenters. The first kappa shape index (κ1) is 13.3. The zero-order valence-corrected chi connectivity index (χ0v) is 11.4. The number of hydrogen-bond acceptors (Lipinski definition) is 4. The normalized spacial score (nSPS) is 10.5. The summed E-state index contributed by atoms with van der Waals surface area (Å²) in [5.74, 6) is 0.768. The molecule has 2 rings (SSSR count). The van der Waals surface area contributed by atoms with Crippen LogP contribution in [-0.4, -0.2) is 27.9 Å². The Morgan fingerprint density at radius 3 is 2.79 bits per heavy atom. The molecule has 0 fully saturated rings. The zero-order chi connectivity index (χ0) is 13.8. The average Bonchev–Trinajstić information content (AvgIpc) is 2.90. The van der Waals surface area contributed by atoms with E-state index in [0.717, 1.165) is 17.1 Å². The van der Waals surface area contributed by atoms with Crippen LogP contribution in [0.2, 0.25) is 0 Å². The maximum atomic E-state index is 11.8. The lowest BCUT2D eigenvalue weighted by Crippen LogP contribution is -2.06. The first-order chi connectivity index (χ1) is 9.21. The summed E-state index contributed by atoms with van der Waals surface area (Å²) in [5.41, 5.74) is 2.15. The molecule has 1 aromatic heterocycles. The Morgan fingerprint density at radius 2 is 2.16 bits per heavy atom. The van der Waals surface area contributed by atoms with Gasteiger partial charge in [0.1, 0.15) is 5.75 Å². The highest BCUT2D eigenvalue weighted by Crippen LogP contribution is 2.19. The van der Waals surface area contributed by atoms with Crippen molar-refractivity contribution in [1.29, 1.82) is 0 Å². The van der Waals surface area contributed by atoms with E-state index >= 15 is 0 Å². The van der Waals surface area contributed by atoms with Gasteiger partial charge in [-0.2, -0.15) is 0 Å². The van der Waals surface area contributed by atoms with Gasteiger partial charge in [-0.3, -0.25) is 4.79 Å². The zero-order valence-electron chi connectivity index (χ0n) is 11.4. The SMILES string of the molecule is CCC(=O)c1nnn(-c2cccc(OC)c2)c1CC. The molecule has 1 heterocycles. The minimum atomic E-state index is 0.0194. The van der Waals surface area contributed by atoms with Crippen LogP contribution in [-0.2, 0) is 6.42 Å². The third kappa shape index (κ3) is 2.50. The van der Waals surface area contributed by atoms with E-state index in [1.165, 1.54) is 0 Å². The molecular formula is C14H17N3O2. The highest BCUT2D eigenvalue weighted by Gasteiger charge is 2.17. The number of rotatable bonds is 5. The van der Waals surface area contributed by atoms with E-state index in [4.69, 9.17) is 4.74 Å². The minimum Gasteiger partial charge on any atom is -0.497 e. The molecule has 0 N–H and O–H groups in total. The smallest absolute Gasteiger partial charge is 0.184 e. The fourth-order valence-electron chi connectivity index (χ4n) is 1.95. The molecule has 0 aliphatic carbocycles. The maximum Gasteiger partial charge on any atom is 0.184 e. The molecule has 5 heteroatoms. The number of benzene rings is 1. The predicted molar refractivity (Wildman–Crippen MR) is 71.9 cm³/mol. The molecule has 0 aliphatic rings. The van der Waals surface area contributed by atoms with Gasteiger partial charge in [0.25, 0.3) is 0 Å². The van der Waals surface area contributed by atoms with E-state index in [1.54, 1.807) is 11.8 Å². The van der Waals surface area contributed by atoms with Crippen molar-refractivity contribution in [2.75, 3.05) is 7.11 Å². The highest BCUT2D eigenvalue weighted by molar-refractivity contribution is 5.95. The summed E-state index contributed by atoms with van der Waals surface area (Å²) < 4.78 is 6.90. The van der Waals surface area contributed by atoms with E-state index in [2.05, 4.69) is 10.3 Å². The lowest BCUT2D eigenvalue weighted by atomic mass is 10.1. The summed E-state index contributed by atoms with van der Waals surface area (Å²) in [5, 5.41) is 8.10. The first-order valence-corrected chi connectivity index (χ1v) is 6.33. The number of methoxy groups -OCH3 is 1. The van der Waals surface area contributed by atoms with Crippen molar-refractivity contribution in [3.05, 3.63) is 35.7 Å². The van der Waals surface area contributed by atoms with Gasteiger partial charge in [0.2, 0.25) is 0 Å². The van der Waals surface area contributed by atoms with Crippen molar-refractivity contribution < 1.29 is 9.53 Å². The molecule has 1 aromatic carbocycles. The summed E-state index contributed by atoms with van der Waals surface area (Å²) in [6, 6.07) is 7.53. The Labute approximate surface area is 112 Å². The Balaban J connectivity index is 2.50. The second-order valence-corrected chi connectivity index (χ2v) is 4.13. The summed E-state index contributed by atoms with van der Waals surface area (Å²) in [6.07, 6.45) is 1.13. The second kappa shape index (κ2) is 5.65. The monoisotopic (exact) mass is 259 g/mol. The number of carbonyl (C=O) groups is 1. The van der Waals surface area contributed by atoms with E-state index < -0.39 is 0 Å². The van der Waals surface area contributed by atoms with Crippen LogP contribution in [0.25, 0.3) is 5.69 Å². The Kier molecular flexibility index (Phi) is 3.94. The molecule has 0 bridgehead atoms. The van der Waals surface area contributed by atoms with Crippen LogP contribution in [0.4, 0.5) is 0 Å². The number of ether oxygens (including phenoxy) is 1. The van der Waals surface area contributed by atoms with Gasteiger partial charge in [-0.05, 0) is 18.6 Å². The number of Topliss-reactive ketones (excluding diaryl/α,β-unsaturated/α-hetero) is 1. The quantitative estimate of drug-likeness (QED) is 0.774. The van der Waals surface area contributed by atoms with Gasteiger partial charge in [0.15, 0.2) is 11.5 Å². The Morgan fingerprint density at radius 1 is 1.37 bits per heavy atom. The summed E-state index contributed by atoms with van der Waals surface area (Å²) >= 11 is 0. The van der Waals surface area contributed by atoms with Crippen LogP contribution in [0.3, 0.4) is 0 Å². The molecule has 0 saturated heterocycles. The highest BCUT2D eigenvalue weighted by atomic mass is 16.5. The minimum absolute atomic E-state index is 0.0194. The Hall–Kier alpha value is -2.17. The Bertz CT molecular complexity index is 590.